The molecule has 0 aliphatic heterocycles. The van der Waals surface area contributed by atoms with Crippen molar-refractivity contribution in [1.29, 1.82) is 0 Å². The van der Waals surface area contributed by atoms with Crippen LogP contribution in [0.4, 0.5) is 10.2 Å². The topological polar surface area (TPSA) is 58.0 Å². The van der Waals surface area contributed by atoms with Crippen molar-refractivity contribution in [2.45, 2.75) is 0 Å². The van der Waals surface area contributed by atoms with E-state index in [-0.39, 0.29) is 23.8 Å². The minimum Gasteiger partial charge on any atom is -0.395 e. The third kappa shape index (κ3) is 2.05. The molecular formula is C10H9ClFN3O. The number of anilines is 1. The molecule has 6 heteroatoms. The highest BCUT2D eigenvalue weighted by Crippen LogP contribution is 2.24. The molecule has 0 atom stereocenters. The molecule has 2 aromatic rings. The SMILES string of the molecule is OCCNc1nc(Cl)nc2cccc(F)c12. The average molecular weight is 242 g/mol. The molecule has 84 valence electrons. The van der Waals surface area contributed by atoms with Crippen molar-refractivity contribution >= 4 is 28.3 Å². The van der Waals surface area contributed by atoms with Crippen molar-refractivity contribution in [3.05, 3.63) is 29.3 Å². The van der Waals surface area contributed by atoms with Crippen LogP contribution in [0.25, 0.3) is 10.9 Å². The van der Waals surface area contributed by atoms with Gasteiger partial charge in [-0.3, -0.25) is 0 Å². The molecule has 0 fully saturated rings. The molecule has 0 saturated carbocycles. The standard InChI is InChI=1S/C10H9ClFN3O/c11-10-14-7-3-1-2-6(12)8(7)9(15-10)13-4-5-16/h1-3,16H,4-5H2,(H,13,14,15). The Morgan fingerprint density at radius 2 is 2.19 bits per heavy atom. The summed E-state index contributed by atoms with van der Waals surface area (Å²) >= 11 is 5.71. The summed E-state index contributed by atoms with van der Waals surface area (Å²) in [4.78, 5) is 7.81. The molecule has 0 unspecified atom stereocenters. The molecule has 2 rings (SSSR count). The summed E-state index contributed by atoms with van der Waals surface area (Å²) in [6.45, 7) is 0.203. The summed E-state index contributed by atoms with van der Waals surface area (Å²) in [5, 5.41) is 11.8. The normalized spacial score (nSPS) is 10.7. The molecule has 0 aliphatic carbocycles. The van der Waals surface area contributed by atoms with Gasteiger partial charge in [0.1, 0.15) is 11.6 Å². The van der Waals surface area contributed by atoms with E-state index in [1.165, 1.54) is 6.07 Å². The first-order valence-electron chi connectivity index (χ1n) is 4.69. The van der Waals surface area contributed by atoms with E-state index in [2.05, 4.69) is 15.3 Å². The number of rotatable bonds is 3. The maximum absolute atomic E-state index is 13.6. The van der Waals surface area contributed by atoms with Gasteiger partial charge in [-0.15, -0.1) is 0 Å². The Kier molecular flexibility index (Phi) is 3.17. The number of hydrogen-bond acceptors (Lipinski definition) is 4. The zero-order chi connectivity index (χ0) is 11.5. The van der Waals surface area contributed by atoms with Crippen molar-refractivity contribution in [1.82, 2.24) is 9.97 Å². The van der Waals surface area contributed by atoms with E-state index in [9.17, 15) is 4.39 Å². The Bertz CT molecular complexity index is 521. The Balaban J connectivity index is 2.60. The van der Waals surface area contributed by atoms with Gasteiger partial charge < -0.3 is 10.4 Å². The minimum absolute atomic E-state index is 0.0403. The van der Waals surface area contributed by atoms with Crippen molar-refractivity contribution < 1.29 is 9.50 Å². The van der Waals surface area contributed by atoms with Crippen LogP contribution in [0.2, 0.25) is 5.28 Å². The highest BCUT2D eigenvalue weighted by molar-refractivity contribution is 6.28. The van der Waals surface area contributed by atoms with Crippen molar-refractivity contribution in [2.24, 2.45) is 0 Å². The average Bonchev–Trinajstić information content (AvgIpc) is 2.25. The number of benzene rings is 1. The quantitative estimate of drug-likeness (QED) is 0.805. The predicted molar refractivity (Wildman–Crippen MR) is 60.1 cm³/mol. The van der Waals surface area contributed by atoms with Gasteiger partial charge in [0.05, 0.1) is 17.5 Å². The summed E-state index contributed by atoms with van der Waals surface area (Å²) in [5.74, 6) is -0.128. The van der Waals surface area contributed by atoms with Gasteiger partial charge >= 0.3 is 0 Å². The Labute approximate surface area is 96.1 Å². The monoisotopic (exact) mass is 241 g/mol. The lowest BCUT2D eigenvalue weighted by Gasteiger charge is -2.08. The number of hydrogen-bond donors (Lipinski definition) is 2. The molecule has 1 aromatic carbocycles. The number of nitrogens with one attached hydrogen (secondary N) is 1. The van der Waals surface area contributed by atoms with Crippen LogP contribution in [0.1, 0.15) is 0 Å². The van der Waals surface area contributed by atoms with E-state index in [1.807, 2.05) is 0 Å². The lowest BCUT2D eigenvalue weighted by atomic mass is 10.2. The molecule has 0 amide bonds. The summed E-state index contributed by atoms with van der Waals surface area (Å²) < 4.78 is 13.6. The molecule has 0 aliphatic rings. The van der Waals surface area contributed by atoms with E-state index in [0.717, 1.165) is 0 Å². The molecule has 4 nitrogen and oxygen atoms in total. The molecule has 0 bridgehead atoms. The Morgan fingerprint density at radius 3 is 2.94 bits per heavy atom. The molecule has 2 N–H and O–H groups in total. The van der Waals surface area contributed by atoms with Gasteiger partial charge in [-0.1, -0.05) is 6.07 Å². The molecule has 0 saturated heterocycles. The maximum Gasteiger partial charge on any atom is 0.224 e. The third-order valence-electron chi connectivity index (χ3n) is 2.05. The fourth-order valence-corrected chi connectivity index (χ4v) is 1.59. The van der Waals surface area contributed by atoms with Crippen LogP contribution in [0.15, 0.2) is 18.2 Å². The van der Waals surface area contributed by atoms with Crippen LogP contribution >= 0.6 is 11.6 Å². The molecular weight excluding hydrogens is 233 g/mol. The highest BCUT2D eigenvalue weighted by Gasteiger charge is 2.10. The molecule has 1 heterocycles. The van der Waals surface area contributed by atoms with Gasteiger partial charge in [-0.05, 0) is 23.7 Å². The largest absolute Gasteiger partial charge is 0.395 e. The number of halogens is 2. The zero-order valence-corrected chi connectivity index (χ0v) is 9.00. The second-order valence-electron chi connectivity index (χ2n) is 3.13. The van der Waals surface area contributed by atoms with Gasteiger partial charge in [-0.2, -0.15) is 0 Å². The van der Waals surface area contributed by atoms with E-state index in [0.29, 0.717) is 11.3 Å². The van der Waals surface area contributed by atoms with E-state index in [1.54, 1.807) is 12.1 Å². The summed E-state index contributed by atoms with van der Waals surface area (Å²) in [6.07, 6.45) is 0. The fraction of sp³-hybridized carbons (Fsp3) is 0.200. The van der Waals surface area contributed by atoms with Crippen LogP contribution in [-0.2, 0) is 0 Å². The van der Waals surface area contributed by atoms with E-state index >= 15 is 0 Å². The Morgan fingerprint density at radius 1 is 1.38 bits per heavy atom. The first-order chi connectivity index (χ1) is 7.72. The van der Waals surface area contributed by atoms with Crippen molar-refractivity contribution in [3.63, 3.8) is 0 Å². The number of aliphatic hydroxyl groups is 1. The Hall–Kier alpha value is -1.46. The summed E-state index contributed by atoms with van der Waals surface area (Å²) in [6, 6.07) is 4.52. The van der Waals surface area contributed by atoms with Crippen LogP contribution in [-0.4, -0.2) is 28.2 Å². The van der Waals surface area contributed by atoms with Crippen molar-refractivity contribution in [3.8, 4) is 0 Å². The summed E-state index contributed by atoms with van der Waals surface area (Å²) in [7, 11) is 0. The molecule has 0 spiro atoms. The number of aromatic nitrogens is 2. The molecule has 16 heavy (non-hydrogen) atoms. The van der Waals surface area contributed by atoms with Gasteiger partial charge in [-0.25, -0.2) is 14.4 Å². The van der Waals surface area contributed by atoms with Crippen LogP contribution in [0.3, 0.4) is 0 Å². The maximum atomic E-state index is 13.6. The first-order valence-corrected chi connectivity index (χ1v) is 5.06. The zero-order valence-electron chi connectivity index (χ0n) is 8.24. The lowest BCUT2D eigenvalue weighted by Crippen LogP contribution is -2.08. The second-order valence-corrected chi connectivity index (χ2v) is 3.46. The summed E-state index contributed by atoms with van der Waals surface area (Å²) in [5.41, 5.74) is 0.431. The van der Waals surface area contributed by atoms with Crippen LogP contribution in [0, 0.1) is 5.82 Å². The van der Waals surface area contributed by atoms with Gasteiger partial charge in [0, 0.05) is 6.54 Å². The van der Waals surface area contributed by atoms with Crippen molar-refractivity contribution in [2.75, 3.05) is 18.5 Å². The van der Waals surface area contributed by atoms with E-state index in [4.69, 9.17) is 16.7 Å². The van der Waals surface area contributed by atoms with Crippen LogP contribution in [0.5, 0.6) is 0 Å². The minimum atomic E-state index is -0.422. The highest BCUT2D eigenvalue weighted by atomic mass is 35.5. The number of nitrogens with zero attached hydrogens (tertiary/aromatic N) is 2. The lowest BCUT2D eigenvalue weighted by molar-refractivity contribution is 0.311. The second kappa shape index (κ2) is 4.59. The van der Waals surface area contributed by atoms with E-state index < -0.39 is 5.82 Å². The van der Waals surface area contributed by atoms with Gasteiger partial charge in [0.15, 0.2) is 0 Å². The smallest absolute Gasteiger partial charge is 0.224 e. The molecule has 0 radical (unpaired) electrons. The first kappa shape index (κ1) is 11.0. The third-order valence-corrected chi connectivity index (χ3v) is 2.22. The molecule has 1 aromatic heterocycles. The number of aliphatic hydroxyl groups excluding tert-OH is 1. The van der Waals surface area contributed by atoms with Gasteiger partial charge in [0.25, 0.3) is 0 Å². The predicted octanol–water partition coefficient (Wildman–Crippen LogP) is 1.83. The fourth-order valence-electron chi connectivity index (χ4n) is 1.42. The van der Waals surface area contributed by atoms with Crippen LogP contribution < -0.4 is 5.32 Å². The number of fused-ring (bicyclic) bond motifs is 1. The van der Waals surface area contributed by atoms with Gasteiger partial charge in [0.2, 0.25) is 5.28 Å².